The van der Waals surface area contributed by atoms with E-state index in [9.17, 15) is 9.90 Å². The SMILES string of the molecule is Cc1cc(O)ccc1Cc1ccc(C(=O)NNc2cc(C)c3c(C)nn(C)c3n2)o1. The van der Waals surface area contributed by atoms with Crippen LogP contribution in [-0.2, 0) is 13.5 Å². The first kappa shape index (κ1) is 19.5. The summed E-state index contributed by atoms with van der Waals surface area (Å²) in [6.07, 6.45) is 0.532. The summed E-state index contributed by atoms with van der Waals surface area (Å²) in [5, 5.41) is 14.9. The molecular weight excluding hydrogens is 382 g/mol. The maximum Gasteiger partial charge on any atom is 0.305 e. The molecule has 30 heavy (non-hydrogen) atoms. The van der Waals surface area contributed by atoms with Crippen LogP contribution in [0.25, 0.3) is 11.0 Å². The van der Waals surface area contributed by atoms with Crippen LogP contribution in [0.5, 0.6) is 5.75 Å². The van der Waals surface area contributed by atoms with Gasteiger partial charge in [0.15, 0.2) is 11.4 Å². The average molecular weight is 405 g/mol. The van der Waals surface area contributed by atoms with Crippen molar-refractivity contribution in [3.8, 4) is 5.75 Å². The lowest BCUT2D eigenvalue weighted by atomic mass is 10.0. The van der Waals surface area contributed by atoms with Gasteiger partial charge in [0.1, 0.15) is 17.3 Å². The Balaban J connectivity index is 1.45. The van der Waals surface area contributed by atoms with Crippen LogP contribution in [0.1, 0.15) is 38.7 Å². The number of furan rings is 1. The van der Waals surface area contributed by atoms with Gasteiger partial charge >= 0.3 is 5.91 Å². The second-order valence-corrected chi connectivity index (χ2v) is 7.36. The molecule has 0 fully saturated rings. The number of aryl methyl sites for hydroxylation is 4. The normalized spacial score (nSPS) is 11.1. The van der Waals surface area contributed by atoms with Gasteiger partial charge in [-0.05, 0) is 67.8 Å². The Morgan fingerprint density at radius 2 is 1.93 bits per heavy atom. The van der Waals surface area contributed by atoms with Gasteiger partial charge in [0.05, 0.1) is 5.69 Å². The van der Waals surface area contributed by atoms with Crippen molar-refractivity contribution in [2.45, 2.75) is 27.2 Å². The number of phenolic OH excluding ortho intramolecular Hbond substituents is 1. The molecule has 154 valence electrons. The van der Waals surface area contributed by atoms with E-state index in [2.05, 4.69) is 20.9 Å². The zero-order chi connectivity index (χ0) is 21.4. The number of aromatic nitrogens is 3. The molecule has 0 saturated heterocycles. The molecule has 8 heteroatoms. The summed E-state index contributed by atoms with van der Waals surface area (Å²) in [6.45, 7) is 5.85. The first-order chi connectivity index (χ1) is 14.3. The number of rotatable bonds is 5. The van der Waals surface area contributed by atoms with E-state index in [4.69, 9.17) is 4.42 Å². The van der Waals surface area contributed by atoms with E-state index in [1.54, 1.807) is 28.9 Å². The maximum absolute atomic E-state index is 12.5. The molecule has 0 radical (unpaired) electrons. The van der Waals surface area contributed by atoms with E-state index in [0.29, 0.717) is 18.0 Å². The molecular formula is C22H23N5O3. The number of carbonyl (C=O) groups is 1. The van der Waals surface area contributed by atoms with Crippen molar-refractivity contribution >= 4 is 22.8 Å². The van der Waals surface area contributed by atoms with E-state index in [-0.39, 0.29) is 11.5 Å². The third kappa shape index (κ3) is 3.71. The van der Waals surface area contributed by atoms with E-state index < -0.39 is 5.91 Å². The number of pyridine rings is 1. The minimum absolute atomic E-state index is 0.197. The van der Waals surface area contributed by atoms with Gasteiger partial charge in [-0.1, -0.05) is 6.07 Å². The van der Waals surface area contributed by atoms with Crippen molar-refractivity contribution in [1.82, 2.24) is 20.2 Å². The number of fused-ring (bicyclic) bond motifs is 1. The zero-order valence-electron chi connectivity index (χ0n) is 17.3. The molecule has 8 nitrogen and oxygen atoms in total. The fraction of sp³-hybridized carbons (Fsp3) is 0.227. The fourth-order valence-corrected chi connectivity index (χ4v) is 3.57. The first-order valence-electron chi connectivity index (χ1n) is 9.56. The first-order valence-corrected chi connectivity index (χ1v) is 9.56. The van der Waals surface area contributed by atoms with Crippen molar-refractivity contribution < 1.29 is 14.3 Å². The molecule has 3 aromatic heterocycles. The van der Waals surface area contributed by atoms with E-state index in [1.165, 1.54) is 0 Å². The summed E-state index contributed by atoms with van der Waals surface area (Å²) in [5.74, 6) is 1.20. The Bertz CT molecular complexity index is 1260. The van der Waals surface area contributed by atoms with Gasteiger partial charge in [0.25, 0.3) is 0 Å². The number of hydrogen-bond donors (Lipinski definition) is 3. The molecule has 0 saturated carbocycles. The third-order valence-electron chi connectivity index (χ3n) is 5.05. The Morgan fingerprint density at radius 1 is 1.13 bits per heavy atom. The maximum atomic E-state index is 12.5. The van der Waals surface area contributed by atoms with Gasteiger partial charge in [-0.3, -0.25) is 20.3 Å². The molecule has 0 bridgehead atoms. The molecule has 3 N–H and O–H groups in total. The number of nitrogens with one attached hydrogen (secondary N) is 2. The highest BCUT2D eigenvalue weighted by molar-refractivity contribution is 5.92. The standard InChI is InChI=1S/C22H23N5O3/c1-12-9-16(28)6-5-15(12)11-17-7-8-18(30-17)22(29)25-24-19-10-13(2)20-14(3)26-27(4)21(20)23-19/h5-10,28H,11H2,1-4H3,(H,23,24)(H,25,29). The lowest BCUT2D eigenvalue weighted by molar-refractivity contribution is 0.0933. The lowest BCUT2D eigenvalue weighted by Crippen LogP contribution is -2.29. The van der Waals surface area contributed by atoms with Crippen molar-refractivity contribution in [1.29, 1.82) is 0 Å². The second-order valence-electron chi connectivity index (χ2n) is 7.36. The van der Waals surface area contributed by atoms with Gasteiger partial charge in [-0.25, -0.2) is 4.98 Å². The molecule has 0 aliphatic carbocycles. The van der Waals surface area contributed by atoms with Crippen LogP contribution in [0, 0.1) is 20.8 Å². The minimum Gasteiger partial charge on any atom is -0.508 e. The van der Waals surface area contributed by atoms with Gasteiger partial charge in [-0.2, -0.15) is 5.10 Å². The number of anilines is 1. The molecule has 1 aromatic carbocycles. The van der Waals surface area contributed by atoms with Gasteiger partial charge in [-0.15, -0.1) is 0 Å². The highest BCUT2D eigenvalue weighted by Crippen LogP contribution is 2.23. The Kier molecular flexibility index (Phi) is 4.91. The largest absolute Gasteiger partial charge is 0.508 e. The highest BCUT2D eigenvalue weighted by atomic mass is 16.4. The van der Waals surface area contributed by atoms with Crippen molar-refractivity contribution in [2.75, 3.05) is 5.43 Å². The fourth-order valence-electron chi connectivity index (χ4n) is 3.57. The Labute approximate surface area is 173 Å². The summed E-state index contributed by atoms with van der Waals surface area (Å²) in [5.41, 5.74) is 10.1. The predicted octanol–water partition coefficient (Wildman–Crippen LogP) is 3.54. The van der Waals surface area contributed by atoms with Crippen molar-refractivity contribution in [3.63, 3.8) is 0 Å². The van der Waals surface area contributed by atoms with Gasteiger partial charge < -0.3 is 9.52 Å². The van der Waals surface area contributed by atoms with E-state index in [1.807, 2.05) is 40.0 Å². The topological polar surface area (TPSA) is 105 Å². The van der Waals surface area contributed by atoms with Crippen molar-refractivity contribution in [2.24, 2.45) is 7.05 Å². The quantitative estimate of drug-likeness (QED) is 0.439. The van der Waals surface area contributed by atoms with Gasteiger partial charge in [0, 0.05) is 18.9 Å². The minimum atomic E-state index is -0.399. The molecule has 4 rings (SSSR count). The number of nitrogens with zero attached hydrogens (tertiary/aromatic N) is 3. The van der Waals surface area contributed by atoms with Gasteiger partial charge in [0.2, 0.25) is 0 Å². The number of amides is 1. The van der Waals surface area contributed by atoms with E-state index >= 15 is 0 Å². The van der Waals surface area contributed by atoms with Crippen LogP contribution in [-0.4, -0.2) is 25.8 Å². The monoisotopic (exact) mass is 405 g/mol. The van der Waals surface area contributed by atoms with Crippen LogP contribution in [0.4, 0.5) is 5.82 Å². The van der Waals surface area contributed by atoms with Crippen LogP contribution in [0.2, 0.25) is 0 Å². The number of hydrazine groups is 1. The van der Waals surface area contributed by atoms with E-state index in [0.717, 1.165) is 33.4 Å². The van der Waals surface area contributed by atoms with Crippen LogP contribution in [0.15, 0.2) is 40.8 Å². The summed E-state index contributed by atoms with van der Waals surface area (Å²) in [4.78, 5) is 17.0. The summed E-state index contributed by atoms with van der Waals surface area (Å²) < 4.78 is 7.41. The summed E-state index contributed by atoms with van der Waals surface area (Å²) in [6, 6.07) is 10.4. The lowest BCUT2D eigenvalue weighted by Gasteiger charge is -2.08. The molecule has 0 aliphatic rings. The molecule has 4 aromatic rings. The highest BCUT2D eigenvalue weighted by Gasteiger charge is 2.14. The zero-order valence-corrected chi connectivity index (χ0v) is 17.3. The number of hydrogen-bond acceptors (Lipinski definition) is 6. The number of carbonyl (C=O) groups excluding carboxylic acids is 1. The second kappa shape index (κ2) is 7.55. The molecule has 1 amide bonds. The average Bonchev–Trinajstić information content (AvgIpc) is 3.27. The smallest absolute Gasteiger partial charge is 0.305 e. The molecule has 0 spiro atoms. The predicted molar refractivity (Wildman–Crippen MR) is 113 cm³/mol. The summed E-state index contributed by atoms with van der Waals surface area (Å²) >= 11 is 0. The molecule has 0 aliphatic heterocycles. The number of benzene rings is 1. The Morgan fingerprint density at radius 3 is 2.70 bits per heavy atom. The van der Waals surface area contributed by atoms with Crippen LogP contribution >= 0.6 is 0 Å². The summed E-state index contributed by atoms with van der Waals surface area (Å²) in [7, 11) is 1.84. The third-order valence-corrected chi connectivity index (χ3v) is 5.05. The Hall–Kier alpha value is -3.81. The van der Waals surface area contributed by atoms with Crippen LogP contribution < -0.4 is 10.9 Å². The van der Waals surface area contributed by atoms with Crippen LogP contribution in [0.3, 0.4) is 0 Å². The molecule has 0 unspecified atom stereocenters. The van der Waals surface area contributed by atoms with Crippen molar-refractivity contribution in [3.05, 3.63) is 70.3 Å². The number of phenols is 1. The number of aromatic hydroxyl groups is 1. The molecule has 3 heterocycles. The molecule has 0 atom stereocenters.